The van der Waals surface area contributed by atoms with Gasteiger partial charge in [0.25, 0.3) is 0 Å². The Morgan fingerprint density at radius 3 is 2.42 bits per heavy atom. The predicted molar refractivity (Wildman–Crippen MR) is 125 cm³/mol. The van der Waals surface area contributed by atoms with Gasteiger partial charge in [-0.05, 0) is 66.4 Å². The number of amides is 1. The first kappa shape index (κ1) is 22.4. The molecule has 2 heterocycles. The number of hydrogen-bond acceptors (Lipinski definition) is 4. The van der Waals surface area contributed by atoms with Crippen molar-refractivity contribution in [2.75, 3.05) is 30.9 Å². The molecule has 4 rings (SSSR count). The van der Waals surface area contributed by atoms with Gasteiger partial charge in [0.1, 0.15) is 11.6 Å². The molecule has 31 heavy (non-hydrogen) atoms. The van der Waals surface area contributed by atoms with Gasteiger partial charge in [-0.3, -0.25) is 4.79 Å². The number of anilines is 2. The van der Waals surface area contributed by atoms with Crippen molar-refractivity contribution in [3.63, 3.8) is 0 Å². The highest BCUT2D eigenvalue weighted by Crippen LogP contribution is 2.31. The minimum atomic E-state index is -0.311. The highest BCUT2D eigenvalue weighted by molar-refractivity contribution is 5.93. The van der Waals surface area contributed by atoms with E-state index in [2.05, 4.69) is 58.1 Å². The second kappa shape index (κ2) is 10.7. The lowest BCUT2D eigenvalue weighted by Crippen LogP contribution is -2.33. The second-order valence-corrected chi connectivity index (χ2v) is 7.46. The van der Waals surface area contributed by atoms with Gasteiger partial charge in [0.05, 0.1) is 6.20 Å². The Hall–Kier alpha value is -3.25. The number of pyridine rings is 1. The van der Waals surface area contributed by atoms with E-state index >= 15 is 0 Å². The van der Waals surface area contributed by atoms with Crippen LogP contribution in [-0.4, -0.2) is 31.5 Å². The monoisotopic (exact) mass is 420 g/mol. The molecule has 0 saturated carbocycles. The molecule has 0 radical (unpaired) electrons. The molecule has 162 valence electrons. The van der Waals surface area contributed by atoms with Gasteiger partial charge in [-0.1, -0.05) is 30.3 Å². The maximum Gasteiger partial charge on any atom is 0.223 e. The number of hydrogen-bond donors (Lipinski definition) is 2. The van der Waals surface area contributed by atoms with Crippen LogP contribution in [-0.2, 0) is 17.8 Å². The summed E-state index contributed by atoms with van der Waals surface area (Å²) in [4.78, 5) is 17.3. The van der Waals surface area contributed by atoms with Crippen LogP contribution < -0.4 is 15.5 Å². The number of halogens is 1. The zero-order valence-electron chi connectivity index (χ0n) is 18.3. The Kier molecular flexibility index (Phi) is 7.73. The van der Waals surface area contributed by atoms with E-state index in [-0.39, 0.29) is 11.7 Å². The van der Waals surface area contributed by atoms with E-state index in [9.17, 15) is 9.18 Å². The number of aromatic nitrogens is 1. The van der Waals surface area contributed by atoms with E-state index in [4.69, 9.17) is 0 Å². The van der Waals surface area contributed by atoms with Crippen molar-refractivity contribution in [1.29, 1.82) is 0 Å². The lowest BCUT2D eigenvalue weighted by atomic mass is 9.95. The van der Waals surface area contributed by atoms with E-state index in [1.54, 1.807) is 20.0 Å². The summed E-state index contributed by atoms with van der Waals surface area (Å²) in [6, 6.07) is 18.0. The predicted octanol–water partition coefficient (Wildman–Crippen LogP) is 4.63. The molecule has 0 atom stereocenters. The largest absolute Gasteiger partial charge is 0.373 e. The molecule has 0 aliphatic carbocycles. The van der Waals surface area contributed by atoms with Crippen LogP contribution in [0.3, 0.4) is 0 Å². The maximum atomic E-state index is 12.1. The van der Waals surface area contributed by atoms with Gasteiger partial charge in [0.2, 0.25) is 5.91 Å². The number of nitrogens with one attached hydrogen (secondary N) is 2. The van der Waals surface area contributed by atoms with Crippen LogP contribution in [0.1, 0.15) is 24.5 Å². The average Bonchev–Trinajstić information content (AvgIpc) is 2.80. The number of carbonyl (C=O) groups is 1. The van der Waals surface area contributed by atoms with Gasteiger partial charge in [0.15, 0.2) is 0 Å². The zero-order valence-corrected chi connectivity index (χ0v) is 18.3. The molecule has 1 aliphatic rings. The molecule has 1 aromatic heterocycles. The van der Waals surface area contributed by atoms with Crippen molar-refractivity contribution in [3.05, 3.63) is 77.7 Å². The highest BCUT2D eigenvalue weighted by Gasteiger charge is 2.20. The summed E-state index contributed by atoms with van der Waals surface area (Å²) in [5, 5.41) is 5.94. The van der Waals surface area contributed by atoms with E-state index in [0.717, 1.165) is 31.6 Å². The highest BCUT2D eigenvalue weighted by atomic mass is 19.1. The minimum Gasteiger partial charge on any atom is -0.373 e. The fraction of sp³-hybridized carbons (Fsp3) is 0.280. The quantitative estimate of drug-likeness (QED) is 0.646. The molecular weight excluding hydrogens is 391 g/mol. The summed E-state index contributed by atoms with van der Waals surface area (Å²) in [5.74, 6) is 0.496. The summed E-state index contributed by atoms with van der Waals surface area (Å²) in [6.45, 7) is 3.36. The summed E-state index contributed by atoms with van der Waals surface area (Å²) in [6.07, 6.45) is 3.26. The molecule has 0 saturated heterocycles. The van der Waals surface area contributed by atoms with Crippen molar-refractivity contribution in [2.24, 2.45) is 0 Å². The van der Waals surface area contributed by atoms with Crippen molar-refractivity contribution < 1.29 is 9.18 Å². The van der Waals surface area contributed by atoms with Crippen molar-refractivity contribution in [3.8, 4) is 11.1 Å². The molecule has 5 nitrogen and oxygen atoms in total. The van der Waals surface area contributed by atoms with Gasteiger partial charge in [-0.25, -0.2) is 9.37 Å². The Bertz CT molecular complexity index is 1000. The fourth-order valence-corrected chi connectivity index (χ4v) is 3.65. The van der Waals surface area contributed by atoms with Crippen LogP contribution >= 0.6 is 0 Å². The molecule has 1 amide bonds. The lowest BCUT2D eigenvalue weighted by molar-refractivity contribution is -0.116. The zero-order chi connectivity index (χ0) is 22.2. The third-order valence-electron chi connectivity index (χ3n) is 5.23. The van der Waals surface area contributed by atoms with E-state index in [0.29, 0.717) is 5.82 Å². The Morgan fingerprint density at radius 1 is 1.06 bits per heavy atom. The molecule has 0 bridgehead atoms. The smallest absolute Gasteiger partial charge is 0.223 e. The van der Waals surface area contributed by atoms with Crippen molar-refractivity contribution in [2.45, 2.75) is 26.3 Å². The summed E-state index contributed by atoms with van der Waals surface area (Å²) in [7, 11) is 3.69. The maximum absolute atomic E-state index is 12.1. The fourth-order valence-electron chi connectivity index (χ4n) is 3.65. The van der Waals surface area contributed by atoms with Crippen LogP contribution in [0.2, 0.25) is 0 Å². The standard InChI is InChI=1S/C19H22N2O.C6H7FN2/c1-14(22)21-11-3-4-18-12-17(9-10-19(18)21)16-7-5-15(6-8-16)13-20-2;1-8-6-3-2-5(7)4-9-6/h5-10,12,20H,3-4,11,13H2,1-2H3;2-4H,1H3,(H,8,9). The minimum absolute atomic E-state index is 0.130. The van der Waals surface area contributed by atoms with Crippen LogP contribution in [0.4, 0.5) is 15.9 Å². The molecule has 3 aromatic rings. The Labute approximate surface area is 183 Å². The van der Waals surface area contributed by atoms with Crippen LogP contribution in [0.15, 0.2) is 60.8 Å². The van der Waals surface area contributed by atoms with E-state index in [1.807, 2.05) is 11.9 Å². The van der Waals surface area contributed by atoms with Gasteiger partial charge in [0, 0.05) is 32.7 Å². The summed E-state index contributed by atoms with van der Waals surface area (Å²) >= 11 is 0. The SMILES string of the molecule is CNCc1ccc(-c2ccc3c(c2)CCCN3C(C)=O)cc1.CNc1ccc(F)cn1. The average molecular weight is 421 g/mol. The Balaban J connectivity index is 0.000000254. The molecule has 1 aliphatic heterocycles. The first-order chi connectivity index (χ1) is 15.0. The number of benzene rings is 2. The normalized spacial score (nSPS) is 12.5. The first-order valence-corrected chi connectivity index (χ1v) is 10.5. The number of fused-ring (bicyclic) bond motifs is 1. The number of nitrogens with zero attached hydrogens (tertiary/aromatic N) is 2. The lowest BCUT2D eigenvalue weighted by Gasteiger charge is -2.29. The first-order valence-electron chi connectivity index (χ1n) is 10.5. The van der Waals surface area contributed by atoms with Crippen molar-refractivity contribution in [1.82, 2.24) is 10.3 Å². The number of rotatable bonds is 4. The van der Waals surface area contributed by atoms with Gasteiger partial charge in [-0.15, -0.1) is 0 Å². The molecule has 0 spiro atoms. The van der Waals surface area contributed by atoms with E-state index < -0.39 is 0 Å². The molecule has 0 unspecified atom stereocenters. The van der Waals surface area contributed by atoms with E-state index in [1.165, 1.54) is 34.5 Å². The number of carbonyl (C=O) groups excluding carboxylic acids is 1. The summed E-state index contributed by atoms with van der Waals surface area (Å²) in [5.41, 5.74) is 6.09. The second-order valence-electron chi connectivity index (χ2n) is 7.46. The van der Waals surface area contributed by atoms with Crippen LogP contribution in [0.5, 0.6) is 0 Å². The molecular formula is C25H29FN4O. The third kappa shape index (κ3) is 5.89. The van der Waals surface area contributed by atoms with Gasteiger partial charge < -0.3 is 15.5 Å². The summed E-state index contributed by atoms with van der Waals surface area (Å²) < 4.78 is 12.1. The van der Waals surface area contributed by atoms with Crippen LogP contribution in [0, 0.1) is 5.82 Å². The van der Waals surface area contributed by atoms with Gasteiger partial charge in [-0.2, -0.15) is 0 Å². The molecule has 6 heteroatoms. The van der Waals surface area contributed by atoms with Crippen LogP contribution in [0.25, 0.3) is 11.1 Å². The molecule has 2 aromatic carbocycles. The molecule has 0 fully saturated rings. The Morgan fingerprint density at radius 2 is 1.81 bits per heavy atom. The van der Waals surface area contributed by atoms with Crippen molar-refractivity contribution >= 4 is 17.4 Å². The topological polar surface area (TPSA) is 57.3 Å². The number of aryl methyl sites for hydroxylation is 1. The third-order valence-corrected chi connectivity index (χ3v) is 5.23. The van der Waals surface area contributed by atoms with Gasteiger partial charge >= 0.3 is 0 Å². The molecule has 2 N–H and O–H groups in total.